The van der Waals surface area contributed by atoms with Crippen molar-refractivity contribution >= 4 is 29.2 Å². The lowest BCUT2D eigenvalue weighted by atomic mass is 9.79. The van der Waals surface area contributed by atoms with Crippen LogP contribution >= 0.6 is 23.2 Å². The SMILES string of the molecule is O=C(NCc1cc(=O)[nH]c(=O)[nH]1)N1CCCC2(CCN(Cc3ccc(Cl)c(Cl)c3)C2)C1. The third kappa shape index (κ3) is 5.31. The zero-order valence-corrected chi connectivity index (χ0v) is 18.6. The molecule has 2 amide bonds. The molecule has 1 atom stereocenters. The van der Waals surface area contributed by atoms with Crippen LogP contribution in [-0.2, 0) is 13.1 Å². The molecule has 1 aromatic heterocycles. The number of aromatic nitrogens is 2. The molecular formula is C21H25Cl2N5O3. The molecule has 0 bridgehead atoms. The van der Waals surface area contributed by atoms with Crippen LogP contribution in [0.15, 0.2) is 33.9 Å². The minimum absolute atomic E-state index is 0.0873. The number of nitrogens with zero attached hydrogens (tertiary/aromatic N) is 2. The number of piperidine rings is 1. The van der Waals surface area contributed by atoms with Gasteiger partial charge in [-0.1, -0.05) is 29.3 Å². The fraction of sp³-hybridized carbons (Fsp3) is 0.476. The topological polar surface area (TPSA) is 101 Å². The van der Waals surface area contributed by atoms with E-state index in [1.807, 2.05) is 23.1 Å². The van der Waals surface area contributed by atoms with Crippen molar-refractivity contribution in [3.8, 4) is 0 Å². The van der Waals surface area contributed by atoms with Crippen molar-refractivity contribution in [1.82, 2.24) is 25.1 Å². The number of likely N-dealkylation sites (tertiary alicyclic amines) is 2. The molecule has 2 fully saturated rings. The molecule has 1 aromatic carbocycles. The highest BCUT2D eigenvalue weighted by atomic mass is 35.5. The summed E-state index contributed by atoms with van der Waals surface area (Å²) in [4.78, 5) is 44.4. The molecular weight excluding hydrogens is 441 g/mol. The van der Waals surface area contributed by atoms with E-state index in [1.165, 1.54) is 6.07 Å². The molecule has 0 aliphatic carbocycles. The minimum Gasteiger partial charge on any atom is -0.332 e. The number of benzene rings is 1. The van der Waals surface area contributed by atoms with Gasteiger partial charge in [-0.05, 0) is 43.5 Å². The third-order valence-corrected chi connectivity index (χ3v) is 6.84. The fourth-order valence-corrected chi connectivity index (χ4v) is 4.99. The van der Waals surface area contributed by atoms with Gasteiger partial charge in [0, 0.05) is 43.4 Å². The number of nitrogens with one attached hydrogen (secondary N) is 3. The van der Waals surface area contributed by atoms with Gasteiger partial charge in [0.2, 0.25) is 0 Å². The first-order valence-corrected chi connectivity index (χ1v) is 11.1. The van der Waals surface area contributed by atoms with Gasteiger partial charge in [0.15, 0.2) is 0 Å². The average molecular weight is 466 g/mol. The van der Waals surface area contributed by atoms with E-state index >= 15 is 0 Å². The smallest absolute Gasteiger partial charge is 0.325 e. The number of carbonyl (C=O) groups excluding carboxylic acids is 1. The molecule has 2 aliphatic rings. The lowest BCUT2D eigenvalue weighted by Gasteiger charge is -2.40. The van der Waals surface area contributed by atoms with Crippen LogP contribution in [-0.4, -0.2) is 52.0 Å². The highest BCUT2D eigenvalue weighted by Gasteiger charge is 2.42. The van der Waals surface area contributed by atoms with Crippen molar-refractivity contribution in [2.24, 2.45) is 5.41 Å². The van der Waals surface area contributed by atoms with Crippen LogP contribution < -0.4 is 16.6 Å². The Morgan fingerprint density at radius 2 is 1.90 bits per heavy atom. The van der Waals surface area contributed by atoms with Crippen molar-refractivity contribution in [1.29, 1.82) is 0 Å². The molecule has 8 nitrogen and oxygen atoms in total. The predicted molar refractivity (Wildman–Crippen MR) is 120 cm³/mol. The van der Waals surface area contributed by atoms with E-state index < -0.39 is 11.2 Å². The Balaban J connectivity index is 1.34. The highest BCUT2D eigenvalue weighted by Crippen LogP contribution is 2.39. The second kappa shape index (κ2) is 9.06. The van der Waals surface area contributed by atoms with Gasteiger partial charge in [-0.25, -0.2) is 9.59 Å². The third-order valence-electron chi connectivity index (χ3n) is 6.10. The Kier molecular flexibility index (Phi) is 6.41. The molecule has 166 valence electrons. The summed E-state index contributed by atoms with van der Waals surface area (Å²) < 4.78 is 0. The molecule has 2 aromatic rings. The average Bonchev–Trinajstić information content (AvgIpc) is 3.09. The fourth-order valence-electron chi connectivity index (χ4n) is 4.67. The van der Waals surface area contributed by atoms with Gasteiger partial charge in [0.1, 0.15) is 0 Å². The van der Waals surface area contributed by atoms with Crippen LogP contribution in [0.4, 0.5) is 4.79 Å². The van der Waals surface area contributed by atoms with E-state index in [4.69, 9.17) is 23.2 Å². The number of carbonyl (C=O) groups is 1. The molecule has 2 saturated heterocycles. The number of hydrogen-bond acceptors (Lipinski definition) is 4. The molecule has 10 heteroatoms. The van der Waals surface area contributed by atoms with Crippen molar-refractivity contribution in [2.45, 2.75) is 32.4 Å². The first-order chi connectivity index (χ1) is 14.8. The Morgan fingerprint density at radius 3 is 2.68 bits per heavy atom. The number of hydrogen-bond donors (Lipinski definition) is 3. The Hall–Kier alpha value is -2.29. The maximum Gasteiger partial charge on any atom is 0.325 e. The first-order valence-electron chi connectivity index (χ1n) is 10.3. The molecule has 0 saturated carbocycles. The summed E-state index contributed by atoms with van der Waals surface area (Å²) in [6.45, 7) is 4.21. The van der Waals surface area contributed by atoms with Crippen LogP contribution in [0.25, 0.3) is 0 Å². The maximum atomic E-state index is 12.7. The summed E-state index contributed by atoms with van der Waals surface area (Å²) in [6, 6.07) is 6.83. The quantitative estimate of drug-likeness (QED) is 0.645. The normalized spacial score (nSPS) is 21.5. The Bertz CT molecular complexity index is 1060. The summed E-state index contributed by atoms with van der Waals surface area (Å²) >= 11 is 12.2. The van der Waals surface area contributed by atoms with Crippen LogP contribution in [0.1, 0.15) is 30.5 Å². The standard InChI is InChI=1S/C21H25Cl2N5O3/c22-16-3-2-14(8-17(16)23)11-27-7-5-21(12-27)4-1-6-28(13-21)20(31)24-10-15-9-18(29)26-19(30)25-15/h2-3,8-9H,1,4-7,10-13H2,(H,24,31)(H2,25,26,29,30). The Morgan fingerprint density at radius 1 is 1.06 bits per heavy atom. The highest BCUT2D eigenvalue weighted by molar-refractivity contribution is 6.42. The van der Waals surface area contributed by atoms with Gasteiger partial charge in [-0.3, -0.25) is 14.7 Å². The van der Waals surface area contributed by atoms with E-state index in [2.05, 4.69) is 20.2 Å². The summed E-state index contributed by atoms with van der Waals surface area (Å²) in [5.41, 5.74) is 0.523. The molecule has 4 rings (SSSR count). The molecule has 2 aliphatic heterocycles. The largest absolute Gasteiger partial charge is 0.332 e. The van der Waals surface area contributed by atoms with Crippen LogP contribution in [0.5, 0.6) is 0 Å². The van der Waals surface area contributed by atoms with Crippen molar-refractivity contribution in [3.05, 3.63) is 66.4 Å². The van der Waals surface area contributed by atoms with E-state index in [9.17, 15) is 14.4 Å². The summed E-state index contributed by atoms with van der Waals surface area (Å²) in [7, 11) is 0. The van der Waals surface area contributed by atoms with Crippen molar-refractivity contribution in [2.75, 3.05) is 26.2 Å². The lowest BCUT2D eigenvalue weighted by molar-refractivity contribution is 0.107. The summed E-state index contributed by atoms with van der Waals surface area (Å²) in [6.07, 6.45) is 3.09. The zero-order chi connectivity index (χ0) is 22.0. The van der Waals surface area contributed by atoms with Crippen molar-refractivity contribution in [3.63, 3.8) is 0 Å². The maximum absolute atomic E-state index is 12.7. The minimum atomic E-state index is -0.582. The van der Waals surface area contributed by atoms with Crippen LogP contribution in [0, 0.1) is 5.41 Å². The van der Waals surface area contributed by atoms with E-state index in [0.29, 0.717) is 28.8 Å². The lowest BCUT2D eigenvalue weighted by Crippen LogP contribution is -2.50. The number of halogens is 2. The molecule has 1 unspecified atom stereocenters. The number of amides is 2. The number of aromatic amines is 2. The summed E-state index contributed by atoms with van der Waals surface area (Å²) in [5, 5.41) is 3.94. The molecule has 1 spiro atoms. The van der Waals surface area contributed by atoms with E-state index in [0.717, 1.165) is 44.5 Å². The van der Waals surface area contributed by atoms with Gasteiger partial charge in [0.05, 0.1) is 16.6 Å². The molecule has 31 heavy (non-hydrogen) atoms. The van der Waals surface area contributed by atoms with E-state index in [1.54, 1.807) is 0 Å². The predicted octanol–water partition coefficient (Wildman–Crippen LogP) is 2.57. The van der Waals surface area contributed by atoms with Gasteiger partial charge in [-0.2, -0.15) is 0 Å². The summed E-state index contributed by atoms with van der Waals surface area (Å²) in [5.74, 6) is 0. The van der Waals surface area contributed by atoms with Crippen LogP contribution in [0.2, 0.25) is 10.0 Å². The second-order valence-electron chi connectivity index (χ2n) is 8.51. The van der Waals surface area contributed by atoms with Crippen molar-refractivity contribution < 1.29 is 4.79 Å². The molecule has 0 radical (unpaired) electrons. The Labute approximate surface area is 189 Å². The molecule has 3 heterocycles. The monoisotopic (exact) mass is 465 g/mol. The van der Waals surface area contributed by atoms with Gasteiger partial charge in [-0.15, -0.1) is 0 Å². The zero-order valence-electron chi connectivity index (χ0n) is 17.0. The molecule has 3 N–H and O–H groups in total. The van der Waals surface area contributed by atoms with Gasteiger partial charge < -0.3 is 15.2 Å². The second-order valence-corrected chi connectivity index (χ2v) is 9.32. The number of rotatable bonds is 4. The van der Waals surface area contributed by atoms with Crippen LogP contribution in [0.3, 0.4) is 0 Å². The van der Waals surface area contributed by atoms with Gasteiger partial charge >= 0.3 is 11.7 Å². The first kappa shape index (κ1) is 21.9. The van der Waals surface area contributed by atoms with Gasteiger partial charge in [0.25, 0.3) is 5.56 Å². The van der Waals surface area contributed by atoms with E-state index in [-0.39, 0.29) is 18.0 Å². The number of urea groups is 1. The number of H-pyrrole nitrogens is 2.